The second-order valence-electron chi connectivity index (χ2n) is 5.43. The molecule has 1 aliphatic heterocycles. The van der Waals surface area contributed by atoms with E-state index in [4.69, 9.17) is 4.74 Å². The van der Waals surface area contributed by atoms with Gasteiger partial charge < -0.3 is 15.0 Å². The standard InChI is InChI=1S/C16H19FN4O/c1-21(2)16-19-9-13(11-3-5-12(17)6-4-11)15(20-16)14-10-18-7-8-22-14/h3-6,9,14,18H,7-8,10H2,1-2H3/t14-/m1/s1. The summed E-state index contributed by atoms with van der Waals surface area (Å²) >= 11 is 0. The molecule has 6 heteroatoms. The summed E-state index contributed by atoms with van der Waals surface area (Å²) in [6.07, 6.45) is 1.65. The Morgan fingerprint density at radius 1 is 1.27 bits per heavy atom. The summed E-state index contributed by atoms with van der Waals surface area (Å²) in [5.74, 6) is 0.377. The average Bonchev–Trinajstić information content (AvgIpc) is 2.56. The Kier molecular flexibility index (Phi) is 4.31. The molecule has 0 bridgehead atoms. The van der Waals surface area contributed by atoms with Crippen LogP contribution < -0.4 is 10.2 Å². The van der Waals surface area contributed by atoms with Crippen LogP contribution in [0.15, 0.2) is 30.5 Å². The third-order valence-corrected chi connectivity index (χ3v) is 3.59. The Morgan fingerprint density at radius 2 is 2.05 bits per heavy atom. The van der Waals surface area contributed by atoms with Gasteiger partial charge >= 0.3 is 0 Å². The van der Waals surface area contributed by atoms with Crippen LogP contribution in [-0.2, 0) is 4.74 Å². The predicted molar refractivity (Wildman–Crippen MR) is 83.3 cm³/mol. The van der Waals surface area contributed by atoms with Gasteiger partial charge in [0.1, 0.15) is 11.9 Å². The van der Waals surface area contributed by atoms with Gasteiger partial charge in [0.15, 0.2) is 0 Å². The minimum absolute atomic E-state index is 0.129. The minimum Gasteiger partial charge on any atom is -0.369 e. The van der Waals surface area contributed by atoms with E-state index < -0.39 is 0 Å². The van der Waals surface area contributed by atoms with Crippen LogP contribution in [0.3, 0.4) is 0 Å². The van der Waals surface area contributed by atoms with Gasteiger partial charge in [0.05, 0.1) is 12.3 Å². The summed E-state index contributed by atoms with van der Waals surface area (Å²) in [5.41, 5.74) is 2.59. The summed E-state index contributed by atoms with van der Waals surface area (Å²) < 4.78 is 19.0. The molecule has 0 saturated carbocycles. The number of anilines is 1. The number of ether oxygens (including phenoxy) is 1. The van der Waals surface area contributed by atoms with Gasteiger partial charge in [-0.3, -0.25) is 0 Å². The topological polar surface area (TPSA) is 50.3 Å². The molecule has 22 heavy (non-hydrogen) atoms. The van der Waals surface area contributed by atoms with E-state index in [-0.39, 0.29) is 11.9 Å². The van der Waals surface area contributed by atoms with Crippen LogP contribution in [0.1, 0.15) is 11.8 Å². The highest BCUT2D eigenvalue weighted by atomic mass is 19.1. The zero-order valence-electron chi connectivity index (χ0n) is 12.7. The van der Waals surface area contributed by atoms with Gasteiger partial charge in [-0.25, -0.2) is 14.4 Å². The Morgan fingerprint density at radius 3 is 2.68 bits per heavy atom. The lowest BCUT2D eigenvalue weighted by molar-refractivity contribution is 0.0254. The lowest BCUT2D eigenvalue weighted by Crippen LogP contribution is -2.34. The van der Waals surface area contributed by atoms with Gasteiger partial charge in [-0.05, 0) is 17.7 Å². The SMILES string of the molecule is CN(C)c1ncc(-c2ccc(F)cc2)c([C@H]2CNCCO2)n1. The minimum atomic E-state index is -0.258. The summed E-state index contributed by atoms with van der Waals surface area (Å²) in [7, 11) is 3.80. The average molecular weight is 302 g/mol. The van der Waals surface area contributed by atoms with E-state index in [1.165, 1.54) is 12.1 Å². The first kappa shape index (κ1) is 14.9. The lowest BCUT2D eigenvalue weighted by atomic mass is 10.0. The molecule has 0 spiro atoms. The molecule has 0 amide bonds. The van der Waals surface area contributed by atoms with Crippen LogP contribution >= 0.6 is 0 Å². The molecule has 1 aliphatic rings. The van der Waals surface area contributed by atoms with Crippen LogP contribution in [0.25, 0.3) is 11.1 Å². The summed E-state index contributed by atoms with van der Waals surface area (Å²) in [5, 5.41) is 3.31. The quantitative estimate of drug-likeness (QED) is 0.940. The predicted octanol–water partition coefficient (Wildman–Crippen LogP) is 2.01. The number of rotatable bonds is 3. The molecule has 116 valence electrons. The van der Waals surface area contributed by atoms with E-state index in [1.807, 2.05) is 19.0 Å². The number of aromatic nitrogens is 2. The molecule has 2 aromatic rings. The molecular formula is C16H19FN4O. The highest BCUT2D eigenvalue weighted by Crippen LogP contribution is 2.30. The fourth-order valence-electron chi connectivity index (χ4n) is 2.44. The summed E-state index contributed by atoms with van der Waals surface area (Å²) in [6, 6.07) is 6.37. The summed E-state index contributed by atoms with van der Waals surface area (Å²) in [4.78, 5) is 10.9. The number of hydrogen-bond donors (Lipinski definition) is 1. The second kappa shape index (κ2) is 6.37. The van der Waals surface area contributed by atoms with Gasteiger partial charge in [0, 0.05) is 38.9 Å². The highest BCUT2D eigenvalue weighted by Gasteiger charge is 2.22. The first-order valence-electron chi connectivity index (χ1n) is 7.27. The van der Waals surface area contributed by atoms with Crippen molar-refractivity contribution in [3.05, 3.63) is 42.0 Å². The Hall–Kier alpha value is -2.05. The van der Waals surface area contributed by atoms with Crippen molar-refractivity contribution in [1.82, 2.24) is 15.3 Å². The maximum atomic E-state index is 13.2. The molecule has 1 aromatic carbocycles. The third kappa shape index (κ3) is 3.08. The van der Waals surface area contributed by atoms with Crippen molar-refractivity contribution in [2.24, 2.45) is 0 Å². The van der Waals surface area contributed by atoms with E-state index in [0.29, 0.717) is 19.1 Å². The van der Waals surface area contributed by atoms with Crippen LogP contribution in [0.4, 0.5) is 10.3 Å². The van der Waals surface area contributed by atoms with Crippen LogP contribution in [0, 0.1) is 5.82 Å². The number of hydrogen-bond acceptors (Lipinski definition) is 5. The fourth-order valence-corrected chi connectivity index (χ4v) is 2.44. The Bertz CT molecular complexity index is 639. The van der Waals surface area contributed by atoms with Gasteiger partial charge in [-0.15, -0.1) is 0 Å². The number of morpholine rings is 1. The molecule has 2 heterocycles. The first-order valence-corrected chi connectivity index (χ1v) is 7.27. The molecule has 5 nitrogen and oxygen atoms in total. The highest BCUT2D eigenvalue weighted by molar-refractivity contribution is 5.66. The van der Waals surface area contributed by atoms with E-state index in [2.05, 4.69) is 15.3 Å². The Balaban J connectivity index is 2.05. The van der Waals surface area contributed by atoms with E-state index in [1.54, 1.807) is 18.3 Å². The normalized spacial score (nSPS) is 18.2. The van der Waals surface area contributed by atoms with Crippen molar-refractivity contribution in [2.45, 2.75) is 6.10 Å². The molecule has 0 aliphatic carbocycles. The number of halogens is 1. The second-order valence-corrected chi connectivity index (χ2v) is 5.43. The van der Waals surface area contributed by atoms with E-state index in [9.17, 15) is 4.39 Å². The zero-order chi connectivity index (χ0) is 15.5. The molecule has 1 atom stereocenters. The molecule has 0 unspecified atom stereocenters. The smallest absolute Gasteiger partial charge is 0.225 e. The molecule has 1 N–H and O–H groups in total. The van der Waals surface area contributed by atoms with Crippen LogP contribution in [0.2, 0.25) is 0 Å². The number of nitrogens with one attached hydrogen (secondary N) is 1. The molecule has 3 rings (SSSR count). The maximum absolute atomic E-state index is 13.2. The third-order valence-electron chi connectivity index (χ3n) is 3.59. The molecule has 1 aromatic heterocycles. The van der Waals surface area contributed by atoms with Gasteiger partial charge in [0.25, 0.3) is 0 Å². The van der Waals surface area contributed by atoms with Gasteiger partial charge in [-0.2, -0.15) is 0 Å². The zero-order valence-corrected chi connectivity index (χ0v) is 12.7. The number of nitrogens with zero attached hydrogens (tertiary/aromatic N) is 3. The largest absolute Gasteiger partial charge is 0.369 e. The van der Waals surface area contributed by atoms with Gasteiger partial charge in [-0.1, -0.05) is 12.1 Å². The summed E-state index contributed by atoms with van der Waals surface area (Å²) in [6.45, 7) is 2.20. The van der Waals surface area contributed by atoms with Crippen LogP contribution in [-0.4, -0.2) is 43.8 Å². The van der Waals surface area contributed by atoms with Crippen molar-refractivity contribution in [3.8, 4) is 11.1 Å². The van der Waals surface area contributed by atoms with Crippen molar-refractivity contribution in [1.29, 1.82) is 0 Å². The molecule has 1 fully saturated rings. The number of benzene rings is 1. The molecule has 1 saturated heterocycles. The van der Waals surface area contributed by atoms with Crippen molar-refractivity contribution < 1.29 is 9.13 Å². The monoisotopic (exact) mass is 302 g/mol. The van der Waals surface area contributed by atoms with Crippen molar-refractivity contribution in [2.75, 3.05) is 38.7 Å². The molecule has 0 radical (unpaired) electrons. The van der Waals surface area contributed by atoms with E-state index >= 15 is 0 Å². The first-order chi connectivity index (χ1) is 10.6. The Labute approximate surface area is 129 Å². The van der Waals surface area contributed by atoms with E-state index in [0.717, 1.165) is 23.4 Å². The van der Waals surface area contributed by atoms with Crippen LogP contribution in [0.5, 0.6) is 0 Å². The van der Waals surface area contributed by atoms with Gasteiger partial charge in [0.2, 0.25) is 5.95 Å². The molecular weight excluding hydrogens is 283 g/mol. The lowest BCUT2D eigenvalue weighted by Gasteiger charge is -2.25. The van der Waals surface area contributed by atoms with Crippen molar-refractivity contribution in [3.63, 3.8) is 0 Å². The van der Waals surface area contributed by atoms with Crippen molar-refractivity contribution >= 4 is 5.95 Å². The maximum Gasteiger partial charge on any atom is 0.225 e. The fraction of sp³-hybridized carbons (Fsp3) is 0.375.